The van der Waals surface area contributed by atoms with Crippen LogP contribution in [0.5, 0.6) is 0 Å². The van der Waals surface area contributed by atoms with Crippen molar-refractivity contribution in [3.63, 3.8) is 0 Å². The SMILES string of the molecule is OCC1(F)CCCCCC1. The van der Waals surface area contributed by atoms with E-state index >= 15 is 0 Å². The predicted molar refractivity (Wildman–Crippen MR) is 38.6 cm³/mol. The maximum atomic E-state index is 13.3. The lowest BCUT2D eigenvalue weighted by atomic mass is 9.98. The second-order valence-corrected chi connectivity index (χ2v) is 3.22. The minimum Gasteiger partial charge on any atom is -0.393 e. The largest absolute Gasteiger partial charge is 0.393 e. The molecule has 0 aromatic rings. The highest BCUT2D eigenvalue weighted by atomic mass is 19.1. The van der Waals surface area contributed by atoms with Crippen LogP contribution in [0.4, 0.5) is 4.39 Å². The van der Waals surface area contributed by atoms with Crippen LogP contribution in [0.15, 0.2) is 0 Å². The first-order valence-corrected chi connectivity index (χ1v) is 4.07. The van der Waals surface area contributed by atoms with E-state index in [0.29, 0.717) is 12.8 Å². The lowest BCUT2D eigenvalue weighted by Crippen LogP contribution is -2.26. The van der Waals surface area contributed by atoms with Gasteiger partial charge in [0.15, 0.2) is 0 Å². The maximum absolute atomic E-state index is 13.3. The van der Waals surface area contributed by atoms with E-state index in [1.807, 2.05) is 0 Å². The fourth-order valence-corrected chi connectivity index (χ4v) is 1.52. The smallest absolute Gasteiger partial charge is 0.134 e. The van der Waals surface area contributed by atoms with Gasteiger partial charge in [0.05, 0.1) is 6.61 Å². The highest BCUT2D eigenvalue weighted by Gasteiger charge is 2.28. The van der Waals surface area contributed by atoms with E-state index in [2.05, 4.69) is 0 Å². The molecule has 1 fully saturated rings. The van der Waals surface area contributed by atoms with Crippen molar-refractivity contribution in [2.75, 3.05) is 6.61 Å². The quantitative estimate of drug-likeness (QED) is 0.561. The van der Waals surface area contributed by atoms with Crippen molar-refractivity contribution in [2.45, 2.75) is 44.2 Å². The highest BCUT2D eigenvalue weighted by molar-refractivity contribution is 4.80. The zero-order chi connectivity index (χ0) is 7.45. The molecule has 0 aliphatic heterocycles. The minimum atomic E-state index is -1.24. The van der Waals surface area contributed by atoms with Crippen LogP contribution >= 0.6 is 0 Å². The van der Waals surface area contributed by atoms with Gasteiger partial charge in [0.1, 0.15) is 5.67 Å². The molecule has 0 radical (unpaired) electrons. The van der Waals surface area contributed by atoms with Crippen molar-refractivity contribution >= 4 is 0 Å². The van der Waals surface area contributed by atoms with Crippen molar-refractivity contribution in [1.82, 2.24) is 0 Å². The molecule has 0 atom stereocenters. The Labute approximate surface area is 61.2 Å². The standard InChI is InChI=1S/C8H15FO/c9-8(7-10)5-3-1-2-4-6-8/h10H,1-7H2. The molecule has 1 aliphatic carbocycles. The molecule has 2 heteroatoms. The van der Waals surface area contributed by atoms with Crippen LogP contribution < -0.4 is 0 Å². The van der Waals surface area contributed by atoms with Crippen molar-refractivity contribution in [1.29, 1.82) is 0 Å². The number of alkyl halides is 1. The van der Waals surface area contributed by atoms with Crippen LogP contribution in [-0.2, 0) is 0 Å². The number of aliphatic hydroxyl groups is 1. The van der Waals surface area contributed by atoms with Crippen LogP contribution in [-0.4, -0.2) is 17.4 Å². The summed E-state index contributed by atoms with van der Waals surface area (Å²) in [4.78, 5) is 0. The fraction of sp³-hybridized carbons (Fsp3) is 1.00. The van der Waals surface area contributed by atoms with Gasteiger partial charge in [0.25, 0.3) is 0 Å². The first-order valence-electron chi connectivity index (χ1n) is 4.07. The third-order valence-corrected chi connectivity index (χ3v) is 2.28. The first-order chi connectivity index (χ1) is 4.77. The topological polar surface area (TPSA) is 20.2 Å². The monoisotopic (exact) mass is 146 g/mol. The van der Waals surface area contributed by atoms with Gasteiger partial charge in [-0.3, -0.25) is 0 Å². The van der Waals surface area contributed by atoms with Crippen molar-refractivity contribution < 1.29 is 9.50 Å². The molecule has 0 aromatic heterocycles. The maximum Gasteiger partial charge on any atom is 0.134 e. The molecule has 0 heterocycles. The van der Waals surface area contributed by atoms with Gasteiger partial charge < -0.3 is 5.11 Å². The summed E-state index contributed by atoms with van der Waals surface area (Å²) in [5.41, 5.74) is -1.24. The molecule has 60 valence electrons. The molecule has 0 aromatic carbocycles. The summed E-state index contributed by atoms with van der Waals surface area (Å²) in [6.07, 6.45) is 5.26. The Bertz CT molecular complexity index is 95.4. The van der Waals surface area contributed by atoms with Crippen LogP contribution in [0.1, 0.15) is 38.5 Å². The van der Waals surface area contributed by atoms with E-state index in [-0.39, 0.29) is 6.61 Å². The molecular formula is C8H15FO. The minimum absolute atomic E-state index is 0.285. The van der Waals surface area contributed by atoms with Gasteiger partial charge in [0, 0.05) is 0 Å². The van der Waals surface area contributed by atoms with E-state index in [1.54, 1.807) is 0 Å². The third-order valence-electron chi connectivity index (χ3n) is 2.28. The first kappa shape index (κ1) is 7.99. The molecule has 1 aliphatic rings. The Morgan fingerprint density at radius 2 is 1.60 bits per heavy atom. The highest BCUT2D eigenvalue weighted by Crippen LogP contribution is 2.29. The van der Waals surface area contributed by atoms with E-state index in [1.165, 1.54) is 0 Å². The summed E-state index contributed by atoms with van der Waals surface area (Å²) < 4.78 is 13.3. The van der Waals surface area contributed by atoms with Gasteiger partial charge in [-0.25, -0.2) is 4.39 Å². The average Bonchev–Trinajstić information content (AvgIpc) is 2.15. The van der Waals surface area contributed by atoms with Crippen molar-refractivity contribution in [3.05, 3.63) is 0 Å². The number of hydrogen-bond donors (Lipinski definition) is 1. The summed E-state index contributed by atoms with van der Waals surface area (Å²) in [6, 6.07) is 0. The zero-order valence-corrected chi connectivity index (χ0v) is 6.27. The van der Waals surface area contributed by atoms with Gasteiger partial charge >= 0.3 is 0 Å². The Morgan fingerprint density at radius 3 is 2.00 bits per heavy atom. The van der Waals surface area contributed by atoms with Crippen LogP contribution in [0.2, 0.25) is 0 Å². The Kier molecular flexibility index (Phi) is 2.66. The lowest BCUT2D eigenvalue weighted by molar-refractivity contribution is 0.0566. The van der Waals surface area contributed by atoms with Gasteiger partial charge in [-0.05, 0) is 12.8 Å². The molecule has 0 saturated heterocycles. The molecule has 1 saturated carbocycles. The molecular weight excluding hydrogens is 131 g/mol. The summed E-state index contributed by atoms with van der Waals surface area (Å²) in [7, 11) is 0. The second kappa shape index (κ2) is 3.33. The van der Waals surface area contributed by atoms with Crippen LogP contribution in [0.25, 0.3) is 0 Å². The van der Waals surface area contributed by atoms with E-state index in [0.717, 1.165) is 25.7 Å². The Morgan fingerprint density at radius 1 is 1.10 bits per heavy atom. The number of aliphatic hydroxyl groups excluding tert-OH is 1. The molecule has 10 heavy (non-hydrogen) atoms. The van der Waals surface area contributed by atoms with Crippen molar-refractivity contribution in [3.8, 4) is 0 Å². The summed E-state index contributed by atoms with van der Waals surface area (Å²) in [6.45, 7) is -0.285. The van der Waals surface area contributed by atoms with Crippen LogP contribution in [0.3, 0.4) is 0 Å². The summed E-state index contributed by atoms with van der Waals surface area (Å²) in [5, 5.41) is 8.70. The van der Waals surface area contributed by atoms with E-state index < -0.39 is 5.67 Å². The molecule has 1 nitrogen and oxygen atoms in total. The number of rotatable bonds is 1. The lowest BCUT2D eigenvalue weighted by Gasteiger charge is -2.19. The number of hydrogen-bond acceptors (Lipinski definition) is 1. The van der Waals surface area contributed by atoms with Gasteiger partial charge in [-0.1, -0.05) is 25.7 Å². The number of halogens is 1. The normalized spacial score (nSPS) is 25.8. The summed E-state index contributed by atoms with van der Waals surface area (Å²) >= 11 is 0. The molecule has 1 N–H and O–H groups in total. The van der Waals surface area contributed by atoms with Gasteiger partial charge in [0.2, 0.25) is 0 Å². The second-order valence-electron chi connectivity index (χ2n) is 3.22. The van der Waals surface area contributed by atoms with Gasteiger partial charge in [-0.15, -0.1) is 0 Å². The fourth-order valence-electron chi connectivity index (χ4n) is 1.52. The molecule has 0 unspecified atom stereocenters. The van der Waals surface area contributed by atoms with Crippen molar-refractivity contribution in [2.24, 2.45) is 0 Å². The molecule has 0 spiro atoms. The van der Waals surface area contributed by atoms with E-state index in [4.69, 9.17) is 5.11 Å². The average molecular weight is 146 g/mol. The zero-order valence-electron chi connectivity index (χ0n) is 6.27. The molecule has 1 rings (SSSR count). The third kappa shape index (κ3) is 1.94. The predicted octanol–water partition coefficient (Wildman–Crippen LogP) is 2.04. The summed E-state index contributed by atoms with van der Waals surface area (Å²) in [5.74, 6) is 0. The Balaban J connectivity index is 2.41. The van der Waals surface area contributed by atoms with Gasteiger partial charge in [-0.2, -0.15) is 0 Å². The molecule has 0 amide bonds. The van der Waals surface area contributed by atoms with Crippen LogP contribution in [0, 0.1) is 0 Å². The van der Waals surface area contributed by atoms with E-state index in [9.17, 15) is 4.39 Å². The molecule has 0 bridgehead atoms. The Hall–Kier alpha value is -0.110.